The molecule has 1 atom stereocenters. The number of nitrogens with one attached hydrogen (secondary N) is 1. The SMILES string of the molecule is O=C(O)[C@H](Cc1ccccc1)NS(=O)(=O)c1cnc(N2CCC(CCCCCC3CCN(S(=O)(=O)c4cc(Br)c(Cl)s4)CC3)CC2)c(Cl)c1. The van der Waals surface area contributed by atoms with Gasteiger partial charge in [-0.3, -0.25) is 4.79 Å². The molecular weight excluding hydrogens is 795 g/mol. The lowest BCUT2D eigenvalue weighted by atomic mass is 9.89. The lowest BCUT2D eigenvalue weighted by molar-refractivity contribution is -0.138. The van der Waals surface area contributed by atoms with Crippen molar-refractivity contribution in [3.63, 3.8) is 0 Å². The van der Waals surface area contributed by atoms with Gasteiger partial charge in [-0.1, -0.05) is 85.6 Å². The predicted octanol–water partition coefficient (Wildman–Crippen LogP) is 7.45. The van der Waals surface area contributed by atoms with Gasteiger partial charge in [0, 0.05) is 36.8 Å². The molecule has 3 aromatic rings. The number of piperidine rings is 2. The van der Waals surface area contributed by atoms with Crippen LogP contribution in [0.5, 0.6) is 0 Å². The second-order valence-electron chi connectivity index (χ2n) is 12.8. The van der Waals surface area contributed by atoms with Gasteiger partial charge in [0.2, 0.25) is 10.0 Å². The van der Waals surface area contributed by atoms with Gasteiger partial charge in [0.05, 0.1) is 5.02 Å². The second-order valence-corrected chi connectivity index (χ2v) is 19.6. The maximum atomic E-state index is 13.0. The molecule has 2 N–H and O–H groups in total. The Bertz CT molecular complexity index is 1780. The molecule has 2 aliphatic heterocycles. The highest BCUT2D eigenvalue weighted by Gasteiger charge is 2.31. The van der Waals surface area contributed by atoms with Gasteiger partial charge in [-0.2, -0.15) is 9.03 Å². The standard InChI is InChI=1S/C33H41BrCl2N4O6S3/c34-27-21-30(47-31(27)36)49(45,46)40-17-13-24(14-18-40)8-4-1-3-7-23-11-15-39(16-12-23)32-28(35)20-26(22-37-32)48(43,44)38-29(33(41)42)19-25-9-5-2-6-10-25/h2,5-6,9-10,20-24,29,38H,1,3-4,7-8,11-19H2,(H,41,42)/t29-/m0/s1. The zero-order valence-electron chi connectivity index (χ0n) is 26.9. The number of unbranched alkanes of at least 4 members (excludes halogenated alkanes) is 2. The summed E-state index contributed by atoms with van der Waals surface area (Å²) >= 11 is 17.0. The fraction of sp³-hybridized carbons (Fsp3) is 0.515. The molecule has 10 nitrogen and oxygen atoms in total. The van der Waals surface area contributed by atoms with Gasteiger partial charge >= 0.3 is 5.97 Å². The van der Waals surface area contributed by atoms with Crippen LogP contribution in [0.3, 0.4) is 0 Å². The van der Waals surface area contributed by atoms with Crippen molar-refractivity contribution in [2.75, 3.05) is 31.1 Å². The zero-order valence-corrected chi connectivity index (χ0v) is 32.5. The summed E-state index contributed by atoms with van der Waals surface area (Å²) in [5.41, 5.74) is 0.700. The Morgan fingerprint density at radius 1 is 0.959 bits per heavy atom. The van der Waals surface area contributed by atoms with Crippen LogP contribution in [0, 0.1) is 11.8 Å². The van der Waals surface area contributed by atoms with E-state index in [-0.39, 0.29) is 20.5 Å². The van der Waals surface area contributed by atoms with Crippen molar-refractivity contribution in [2.24, 2.45) is 11.8 Å². The summed E-state index contributed by atoms with van der Waals surface area (Å²) in [6.07, 6.45) is 10.7. The van der Waals surface area contributed by atoms with Gasteiger partial charge in [-0.15, -0.1) is 11.3 Å². The van der Waals surface area contributed by atoms with Crippen LogP contribution in [0.15, 0.2) is 62.2 Å². The molecule has 0 saturated carbocycles. The van der Waals surface area contributed by atoms with E-state index in [4.69, 9.17) is 23.2 Å². The molecule has 0 radical (unpaired) electrons. The number of carboxylic acids is 1. The molecule has 0 bridgehead atoms. The Morgan fingerprint density at radius 3 is 2.12 bits per heavy atom. The number of sulfonamides is 2. The number of aromatic nitrogens is 1. The molecule has 5 rings (SSSR count). The number of nitrogens with zero attached hydrogens (tertiary/aromatic N) is 3. The Hall–Kier alpha value is -1.78. The van der Waals surface area contributed by atoms with Gasteiger partial charge in [-0.25, -0.2) is 21.8 Å². The number of pyridine rings is 1. The highest BCUT2D eigenvalue weighted by molar-refractivity contribution is 9.10. The number of rotatable bonds is 15. The fourth-order valence-electron chi connectivity index (χ4n) is 6.57. The molecule has 2 fully saturated rings. The van der Waals surface area contributed by atoms with Crippen LogP contribution in [0.2, 0.25) is 9.36 Å². The number of hydrogen-bond acceptors (Lipinski definition) is 8. The smallest absolute Gasteiger partial charge is 0.322 e. The molecule has 1 aromatic carbocycles. The molecule has 0 aliphatic carbocycles. The van der Waals surface area contributed by atoms with Crippen LogP contribution in [-0.2, 0) is 31.3 Å². The van der Waals surface area contributed by atoms with E-state index in [9.17, 15) is 26.7 Å². The minimum Gasteiger partial charge on any atom is -0.480 e. The number of carbonyl (C=O) groups is 1. The fourth-order valence-corrected chi connectivity index (χ4v) is 12.0. The van der Waals surface area contributed by atoms with Gasteiger partial charge in [0.15, 0.2) is 0 Å². The lowest BCUT2D eigenvalue weighted by Crippen LogP contribution is -2.42. The van der Waals surface area contributed by atoms with Crippen molar-refractivity contribution in [1.29, 1.82) is 0 Å². The van der Waals surface area contributed by atoms with Crippen molar-refractivity contribution >= 4 is 82.3 Å². The average molecular weight is 837 g/mol. The number of carboxylic acid groups (broad SMARTS) is 1. The summed E-state index contributed by atoms with van der Waals surface area (Å²) in [6.45, 7) is 2.64. The van der Waals surface area contributed by atoms with E-state index >= 15 is 0 Å². The normalized spacial score (nSPS) is 17.7. The largest absolute Gasteiger partial charge is 0.480 e. The van der Waals surface area contributed by atoms with Crippen LogP contribution in [0.25, 0.3) is 0 Å². The molecule has 0 unspecified atom stereocenters. The van der Waals surface area contributed by atoms with E-state index in [0.29, 0.717) is 45.1 Å². The van der Waals surface area contributed by atoms with Crippen molar-refractivity contribution in [3.8, 4) is 0 Å². The van der Waals surface area contributed by atoms with Crippen LogP contribution in [0.1, 0.15) is 63.4 Å². The zero-order chi connectivity index (χ0) is 35.2. The molecule has 268 valence electrons. The van der Waals surface area contributed by atoms with E-state index in [1.807, 2.05) is 0 Å². The second kappa shape index (κ2) is 17.2. The summed E-state index contributed by atoms with van der Waals surface area (Å²) in [5.74, 6) is 0.419. The first-order valence-electron chi connectivity index (χ1n) is 16.5. The first-order chi connectivity index (χ1) is 23.3. The third kappa shape index (κ3) is 10.2. The van der Waals surface area contributed by atoms with Gasteiger partial charge in [-0.05, 0) is 77.6 Å². The molecule has 2 aliphatic rings. The van der Waals surface area contributed by atoms with Crippen molar-refractivity contribution in [2.45, 2.75) is 79.4 Å². The van der Waals surface area contributed by atoms with E-state index in [2.05, 4.69) is 30.5 Å². The summed E-state index contributed by atoms with van der Waals surface area (Å²) in [7, 11) is -7.67. The van der Waals surface area contributed by atoms with E-state index in [1.54, 1.807) is 40.7 Å². The monoisotopic (exact) mass is 834 g/mol. The molecule has 2 saturated heterocycles. The molecular formula is C33H41BrCl2N4O6S3. The van der Waals surface area contributed by atoms with Crippen LogP contribution >= 0.6 is 50.5 Å². The summed E-state index contributed by atoms with van der Waals surface area (Å²) in [4.78, 5) is 18.1. The van der Waals surface area contributed by atoms with Gasteiger partial charge < -0.3 is 10.0 Å². The number of aliphatic carboxylic acids is 1. The highest BCUT2D eigenvalue weighted by Crippen LogP contribution is 2.37. The summed E-state index contributed by atoms with van der Waals surface area (Å²) < 4.78 is 57.3. The minimum atomic E-state index is -4.17. The number of thiophene rings is 1. The molecule has 49 heavy (non-hydrogen) atoms. The maximum absolute atomic E-state index is 13.0. The van der Waals surface area contributed by atoms with Gasteiger partial charge in [0.1, 0.15) is 25.3 Å². The lowest BCUT2D eigenvalue weighted by Gasteiger charge is -2.33. The number of anilines is 1. The quantitative estimate of drug-likeness (QED) is 0.151. The highest BCUT2D eigenvalue weighted by atomic mass is 79.9. The number of benzene rings is 1. The maximum Gasteiger partial charge on any atom is 0.322 e. The van der Waals surface area contributed by atoms with Crippen LogP contribution in [0.4, 0.5) is 5.82 Å². The molecule has 0 spiro atoms. The predicted molar refractivity (Wildman–Crippen MR) is 198 cm³/mol. The average Bonchev–Trinajstić information content (AvgIpc) is 3.43. The summed E-state index contributed by atoms with van der Waals surface area (Å²) in [6, 6.07) is 10.4. The molecule has 2 aromatic heterocycles. The van der Waals surface area contributed by atoms with Gasteiger partial charge in [0.25, 0.3) is 10.0 Å². The Kier molecular flexibility index (Phi) is 13.5. The Morgan fingerprint density at radius 2 is 1.57 bits per heavy atom. The first-order valence-corrected chi connectivity index (χ1v) is 21.8. The number of halogens is 3. The van der Waals surface area contributed by atoms with Crippen LogP contribution in [-0.4, -0.2) is 69.4 Å². The third-order valence-corrected chi connectivity index (χ3v) is 16.0. The Balaban J connectivity index is 1.01. The molecule has 4 heterocycles. The van der Waals surface area contributed by atoms with Crippen molar-refractivity contribution in [3.05, 3.63) is 68.1 Å². The topological polar surface area (TPSA) is 137 Å². The molecule has 16 heteroatoms. The van der Waals surface area contributed by atoms with E-state index < -0.39 is 32.1 Å². The van der Waals surface area contributed by atoms with E-state index in [0.717, 1.165) is 82.2 Å². The molecule has 0 amide bonds. The van der Waals surface area contributed by atoms with E-state index in [1.165, 1.54) is 12.3 Å². The minimum absolute atomic E-state index is 0.00313. The first kappa shape index (κ1) is 38.5. The van der Waals surface area contributed by atoms with Crippen molar-refractivity contribution < 1.29 is 26.7 Å². The Labute approximate surface area is 311 Å². The van der Waals surface area contributed by atoms with Crippen molar-refractivity contribution in [1.82, 2.24) is 14.0 Å². The number of hydrogen-bond donors (Lipinski definition) is 2. The third-order valence-electron chi connectivity index (χ3n) is 9.41. The van der Waals surface area contributed by atoms with Crippen LogP contribution < -0.4 is 9.62 Å². The summed E-state index contributed by atoms with van der Waals surface area (Å²) in [5, 5.41) is 9.85.